The second-order valence-electron chi connectivity index (χ2n) is 5.70. The van der Waals surface area contributed by atoms with E-state index in [1.54, 1.807) is 0 Å². The van der Waals surface area contributed by atoms with Crippen LogP contribution in [0.15, 0.2) is 60.2 Å². The molecule has 1 aliphatic carbocycles. The summed E-state index contributed by atoms with van der Waals surface area (Å²) in [7, 11) is 0. The molecule has 0 heterocycles. The number of hydrogen-bond acceptors (Lipinski definition) is 1. The lowest BCUT2D eigenvalue weighted by molar-refractivity contribution is 1.02. The molecule has 3 rings (SSSR count). The average molecular weight is 275 g/mol. The third-order valence-corrected chi connectivity index (χ3v) is 4.19. The van der Waals surface area contributed by atoms with E-state index in [1.807, 2.05) is 0 Å². The van der Waals surface area contributed by atoms with Gasteiger partial charge in [-0.2, -0.15) is 0 Å². The maximum absolute atomic E-state index is 6.33. The van der Waals surface area contributed by atoms with Crippen LogP contribution in [-0.4, -0.2) is 0 Å². The summed E-state index contributed by atoms with van der Waals surface area (Å²) in [4.78, 5) is 0. The van der Waals surface area contributed by atoms with Crippen molar-refractivity contribution in [3.63, 3.8) is 0 Å². The fraction of sp³-hybridized carbons (Fsp3) is 0.200. The molecule has 0 saturated carbocycles. The first kappa shape index (κ1) is 13.7. The first-order valence-corrected chi connectivity index (χ1v) is 7.50. The Morgan fingerprint density at radius 3 is 2.33 bits per heavy atom. The predicted molar refractivity (Wildman–Crippen MR) is 92.0 cm³/mol. The van der Waals surface area contributed by atoms with E-state index in [1.165, 1.54) is 27.8 Å². The van der Waals surface area contributed by atoms with Gasteiger partial charge in [-0.25, -0.2) is 0 Å². The molecular formula is C20H21N. The summed E-state index contributed by atoms with van der Waals surface area (Å²) in [5.74, 6) is 0. The molecule has 1 nitrogen and oxygen atoms in total. The zero-order valence-electron chi connectivity index (χ0n) is 12.7. The van der Waals surface area contributed by atoms with Gasteiger partial charge < -0.3 is 5.73 Å². The molecule has 1 aliphatic rings. The van der Waals surface area contributed by atoms with Crippen molar-refractivity contribution in [2.45, 2.75) is 26.7 Å². The van der Waals surface area contributed by atoms with Crippen LogP contribution in [-0.2, 0) is 0 Å². The first-order valence-electron chi connectivity index (χ1n) is 7.50. The minimum Gasteiger partial charge on any atom is -0.398 e. The molecule has 2 N–H and O–H groups in total. The van der Waals surface area contributed by atoms with E-state index < -0.39 is 0 Å². The van der Waals surface area contributed by atoms with Gasteiger partial charge in [0.15, 0.2) is 0 Å². The Labute approximate surface area is 126 Å². The van der Waals surface area contributed by atoms with Gasteiger partial charge in [0.25, 0.3) is 0 Å². The maximum atomic E-state index is 6.33. The van der Waals surface area contributed by atoms with Gasteiger partial charge in [-0.15, -0.1) is 0 Å². The highest BCUT2D eigenvalue weighted by molar-refractivity contribution is 5.85. The Hall–Kier alpha value is -2.28. The topological polar surface area (TPSA) is 26.0 Å². The van der Waals surface area contributed by atoms with Crippen molar-refractivity contribution in [1.82, 2.24) is 0 Å². The second-order valence-corrected chi connectivity index (χ2v) is 5.70. The predicted octanol–water partition coefficient (Wildman–Crippen LogP) is 5.37. The van der Waals surface area contributed by atoms with E-state index in [-0.39, 0.29) is 0 Å². The molecule has 21 heavy (non-hydrogen) atoms. The monoisotopic (exact) mass is 275 g/mol. The summed E-state index contributed by atoms with van der Waals surface area (Å²) in [6, 6.07) is 14.8. The molecule has 0 aromatic heterocycles. The number of aryl methyl sites for hydroxylation is 1. The van der Waals surface area contributed by atoms with E-state index in [0.717, 1.165) is 24.1 Å². The minimum absolute atomic E-state index is 0.848. The SMILES string of the molecule is CC1=CCCC=C1c1ccc(-c2ccccc2C)c(N)c1. The van der Waals surface area contributed by atoms with Gasteiger partial charge in [0.2, 0.25) is 0 Å². The summed E-state index contributed by atoms with van der Waals surface area (Å²) >= 11 is 0. The van der Waals surface area contributed by atoms with Crippen LogP contribution in [0.1, 0.15) is 30.9 Å². The number of nitrogens with two attached hydrogens (primary N) is 1. The van der Waals surface area contributed by atoms with Crippen molar-refractivity contribution in [2.75, 3.05) is 5.73 Å². The molecule has 0 saturated heterocycles. The molecule has 0 aliphatic heterocycles. The van der Waals surface area contributed by atoms with Crippen molar-refractivity contribution in [2.24, 2.45) is 0 Å². The normalized spacial score (nSPS) is 14.6. The third-order valence-electron chi connectivity index (χ3n) is 4.19. The molecule has 0 radical (unpaired) electrons. The molecule has 0 bridgehead atoms. The number of anilines is 1. The molecule has 0 amide bonds. The van der Waals surface area contributed by atoms with Gasteiger partial charge in [0, 0.05) is 11.3 Å². The number of allylic oxidation sites excluding steroid dienone is 4. The van der Waals surface area contributed by atoms with Crippen molar-refractivity contribution >= 4 is 11.3 Å². The van der Waals surface area contributed by atoms with Crippen LogP contribution in [0.5, 0.6) is 0 Å². The summed E-state index contributed by atoms with van der Waals surface area (Å²) < 4.78 is 0. The van der Waals surface area contributed by atoms with Crippen LogP contribution in [0.2, 0.25) is 0 Å². The zero-order valence-corrected chi connectivity index (χ0v) is 12.7. The van der Waals surface area contributed by atoms with Gasteiger partial charge in [0.1, 0.15) is 0 Å². The number of benzene rings is 2. The number of nitrogen functional groups attached to an aromatic ring is 1. The van der Waals surface area contributed by atoms with E-state index in [4.69, 9.17) is 5.73 Å². The summed E-state index contributed by atoms with van der Waals surface area (Å²) in [5.41, 5.74) is 14.7. The van der Waals surface area contributed by atoms with Crippen LogP contribution in [0.25, 0.3) is 16.7 Å². The van der Waals surface area contributed by atoms with E-state index in [2.05, 4.69) is 68.5 Å². The van der Waals surface area contributed by atoms with Crippen LogP contribution >= 0.6 is 0 Å². The molecule has 1 heteroatoms. The average Bonchev–Trinajstić information content (AvgIpc) is 2.49. The smallest absolute Gasteiger partial charge is 0.0400 e. The Morgan fingerprint density at radius 1 is 0.857 bits per heavy atom. The first-order chi connectivity index (χ1) is 10.2. The quantitative estimate of drug-likeness (QED) is 0.733. The highest BCUT2D eigenvalue weighted by atomic mass is 14.6. The Kier molecular flexibility index (Phi) is 3.66. The standard InChI is InChI=1S/C20H21N/c1-14-7-3-5-9-17(14)16-11-12-19(20(21)13-16)18-10-6-4-8-15(18)2/h4,6-13H,3,5,21H2,1-2H3. The maximum Gasteiger partial charge on any atom is 0.0400 e. The molecule has 2 aromatic rings. The van der Waals surface area contributed by atoms with Crippen LogP contribution in [0, 0.1) is 6.92 Å². The largest absolute Gasteiger partial charge is 0.398 e. The van der Waals surface area contributed by atoms with Crippen LogP contribution in [0.4, 0.5) is 5.69 Å². The second kappa shape index (κ2) is 5.61. The Morgan fingerprint density at radius 2 is 1.62 bits per heavy atom. The third kappa shape index (κ3) is 2.64. The van der Waals surface area contributed by atoms with Gasteiger partial charge >= 0.3 is 0 Å². The molecule has 106 valence electrons. The molecular weight excluding hydrogens is 254 g/mol. The Bertz CT molecular complexity index is 735. The summed E-state index contributed by atoms with van der Waals surface area (Å²) in [5, 5.41) is 0. The van der Waals surface area contributed by atoms with Crippen molar-refractivity contribution in [3.05, 3.63) is 71.3 Å². The Balaban J connectivity index is 2.03. The number of rotatable bonds is 2. The zero-order chi connectivity index (χ0) is 14.8. The van der Waals surface area contributed by atoms with Crippen molar-refractivity contribution in [1.29, 1.82) is 0 Å². The molecule has 0 fully saturated rings. The fourth-order valence-corrected chi connectivity index (χ4v) is 2.99. The van der Waals surface area contributed by atoms with Gasteiger partial charge in [0.05, 0.1) is 0 Å². The lowest BCUT2D eigenvalue weighted by Crippen LogP contribution is -1.96. The summed E-state index contributed by atoms with van der Waals surface area (Å²) in [6.45, 7) is 4.30. The van der Waals surface area contributed by atoms with Crippen molar-refractivity contribution < 1.29 is 0 Å². The van der Waals surface area contributed by atoms with Gasteiger partial charge in [-0.05, 0) is 60.6 Å². The van der Waals surface area contributed by atoms with E-state index in [0.29, 0.717) is 0 Å². The molecule has 0 unspecified atom stereocenters. The molecule has 2 aromatic carbocycles. The molecule has 0 spiro atoms. The van der Waals surface area contributed by atoms with Gasteiger partial charge in [-0.3, -0.25) is 0 Å². The fourth-order valence-electron chi connectivity index (χ4n) is 2.99. The number of hydrogen-bond donors (Lipinski definition) is 1. The minimum atomic E-state index is 0.848. The van der Waals surface area contributed by atoms with Crippen LogP contribution < -0.4 is 5.73 Å². The molecule has 0 atom stereocenters. The lowest BCUT2D eigenvalue weighted by atomic mass is 9.90. The highest BCUT2D eigenvalue weighted by Crippen LogP contribution is 2.34. The highest BCUT2D eigenvalue weighted by Gasteiger charge is 2.11. The van der Waals surface area contributed by atoms with Crippen LogP contribution in [0.3, 0.4) is 0 Å². The van der Waals surface area contributed by atoms with E-state index >= 15 is 0 Å². The summed E-state index contributed by atoms with van der Waals surface area (Å²) in [6.07, 6.45) is 6.89. The van der Waals surface area contributed by atoms with Gasteiger partial charge in [-0.1, -0.05) is 48.6 Å². The van der Waals surface area contributed by atoms with Crippen molar-refractivity contribution in [3.8, 4) is 11.1 Å². The van der Waals surface area contributed by atoms with E-state index in [9.17, 15) is 0 Å². The lowest BCUT2D eigenvalue weighted by Gasteiger charge is -2.16.